The third-order valence-corrected chi connectivity index (χ3v) is 4.25. The summed E-state index contributed by atoms with van der Waals surface area (Å²) < 4.78 is 18.3. The number of amides is 2. The van der Waals surface area contributed by atoms with E-state index in [2.05, 4.69) is 9.97 Å². The lowest BCUT2D eigenvalue weighted by molar-refractivity contribution is -0.146. The summed E-state index contributed by atoms with van der Waals surface area (Å²) in [5.74, 6) is -1.08. The molecule has 3 rings (SSSR count). The molecule has 130 valence electrons. The zero-order valence-corrected chi connectivity index (χ0v) is 13.4. The summed E-state index contributed by atoms with van der Waals surface area (Å²) in [6, 6.07) is 5.33. The molecule has 1 aliphatic heterocycles. The fourth-order valence-corrected chi connectivity index (χ4v) is 3.07. The van der Waals surface area contributed by atoms with Crippen molar-refractivity contribution in [3.05, 3.63) is 54.4 Å². The number of nitrogens with zero attached hydrogens (tertiary/aromatic N) is 3. The van der Waals surface area contributed by atoms with E-state index in [1.807, 2.05) is 0 Å². The highest BCUT2D eigenvalue weighted by Crippen LogP contribution is 2.37. The van der Waals surface area contributed by atoms with Gasteiger partial charge >= 0.3 is 0 Å². The predicted octanol–water partition coefficient (Wildman–Crippen LogP) is 0.998. The van der Waals surface area contributed by atoms with Crippen LogP contribution in [-0.4, -0.2) is 39.8 Å². The number of halogens is 1. The van der Waals surface area contributed by atoms with Gasteiger partial charge in [0.15, 0.2) is 12.1 Å². The molecule has 0 radical (unpaired) electrons. The molecule has 25 heavy (non-hydrogen) atoms. The molecule has 7 nitrogen and oxygen atoms in total. The molecular formula is C17H17FN4O3. The number of carbonyl (C=O) groups is 2. The Balaban J connectivity index is 1.80. The van der Waals surface area contributed by atoms with Crippen LogP contribution in [0.5, 0.6) is 5.75 Å². The van der Waals surface area contributed by atoms with Gasteiger partial charge in [0.05, 0.1) is 11.9 Å². The lowest BCUT2D eigenvalue weighted by Crippen LogP contribution is -2.55. The van der Waals surface area contributed by atoms with Crippen molar-refractivity contribution in [1.29, 1.82) is 0 Å². The van der Waals surface area contributed by atoms with Crippen LogP contribution in [0.3, 0.4) is 0 Å². The number of aromatic nitrogens is 2. The van der Waals surface area contributed by atoms with Gasteiger partial charge in [-0.15, -0.1) is 0 Å². The second-order valence-corrected chi connectivity index (χ2v) is 5.71. The van der Waals surface area contributed by atoms with Gasteiger partial charge in [-0.1, -0.05) is 0 Å². The third-order valence-electron chi connectivity index (χ3n) is 4.25. The normalized spacial score (nSPS) is 19.6. The third kappa shape index (κ3) is 3.15. The summed E-state index contributed by atoms with van der Waals surface area (Å²) in [4.78, 5) is 34.4. The van der Waals surface area contributed by atoms with Crippen LogP contribution in [-0.2, 0) is 15.1 Å². The number of carbonyl (C=O) groups excluding carboxylic acids is 2. The molecule has 0 saturated carbocycles. The molecule has 1 aromatic carbocycles. The van der Waals surface area contributed by atoms with Gasteiger partial charge in [-0.3, -0.25) is 19.6 Å². The molecule has 0 spiro atoms. The monoisotopic (exact) mass is 344 g/mol. The van der Waals surface area contributed by atoms with Crippen LogP contribution in [0, 0.1) is 5.82 Å². The van der Waals surface area contributed by atoms with Gasteiger partial charge in [0.1, 0.15) is 11.6 Å². The molecule has 0 unspecified atom stereocenters. The molecular weight excluding hydrogens is 327 g/mol. The Hall–Kier alpha value is -3.03. The first-order valence-corrected chi connectivity index (χ1v) is 7.79. The van der Waals surface area contributed by atoms with E-state index >= 15 is 0 Å². The lowest BCUT2D eigenvalue weighted by atomic mass is 9.91. The number of rotatable bonds is 5. The van der Waals surface area contributed by atoms with E-state index in [4.69, 9.17) is 10.5 Å². The van der Waals surface area contributed by atoms with Crippen molar-refractivity contribution < 1.29 is 18.7 Å². The van der Waals surface area contributed by atoms with Crippen molar-refractivity contribution in [3.63, 3.8) is 0 Å². The Morgan fingerprint density at radius 2 is 2.04 bits per heavy atom. The quantitative estimate of drug-likeness (QED) is 0.872. The van der Waals surface area contributed by atoms with E-state index in [-0.39, 0.29) is 6.61 Å². The van der Waals surface area contributed by atoms with Crippen LogP contribution in [0.1, 0.15) is 18.5 Å². The van der Waals surface area contributed by atoms with Crippen molar-refractivity contribution in [1.82, 2.24) is 14.9 Å². The van der Waals surface area contributed by atoms with Gasteiger partial charge in [0.2, 0.25) is 5.91 Å². The maximum absolute atomic E-state index is 12.9. The molecule has 2 heterocycles. The number of likely N-dealkylation sites (tertiary alicyclic amines) is 1. The van der Waals surface area contributed by atoms with E-state index in [9.17, 15) is 14.0 Å². The standard InChI is InChI=1S/C17H17FN4O3/c18-12-2-4-13(5-3-12)25-11-15(23)22-9-1-6-17(22,16(19)24)14-10-20-7-8-21-14/h2-5,7-8,10H,1,6,9,11H2,(H2,19,24)/t17-/m1/s1. The molecule has 2 N–H and O–H groups in total. The average molecular weight is 344 g/mol. The molecule has 2 amide bonds. The van der Waals surface area contributed by atoms with E-state index in [1.165, 1.54) is 47.8 Å². The molecule has 1 saturated heterocycles. The van der Waals surface area contributed by atoms with Gasteiger partial charge in [-0.05, 0) is 37.1 Å². The fourth-order valence-electron chi connectivity index (χ4n) is 3.07. The van der Waals surface area contributed by atoms with Gasteiger partial charge in [0, 0.05) is 18.9 Å². The average Bonchev–Trinajstić information content (AvgIpc) is 3.08. The zero-order chi connectivity index (χ0) is 17.9. The van der Waals surface area contributed by atoms with E-state index < -0.39 is 23.2 Å². The number of primary amides is 1. The van der Waals surface area contributed by atoms with E-state index in [1.54, 1.807) is 0 Å². The van der Waals surface area contributed by atoms with Gasteiger partial charge in [-0.2, -0.15) is 0 Å². The van der Waals surface area contributed by atoms with Gasteiger partial charge in [0.25, 0.3) is 5.91 Å². The molecule has 0 aliphatic carbocycles. The Kier molecular flexibility index (Phi) is 4.60. The second-order valence-electron chi connectivity index (χ2n) is 5.71. The number of hydrogen-bond donors (Lipinski definition) is 1. The topological polar surface area (TPSA) is 98.4 Å². The van der Waals surface area contributed by atoms with Crippen LogP contribution < -0.4 is 10.5 Å². The molecule has 8 heteroatoms. The maximum Gasteiger partial charge on any atom is 0.261 e. The zero-order valence-electron chi connectivity index (χ0n) is 13.4. The van der Waals surface area contributed by atoms with Crippen molar-refractivity contribution in [2.24, 2.45) is 5.73 Å². The van der Waals surface area contributed by atoms with Crippen molar-refractivity contribution >= 4 is 11.8 Å². The number of ether oxygens (including phenoxy) is 1. The van der Waals surface area contributed by atoms with Crippen molar-refractivity contribution in [2.75, 3.05) is 13.2 Å². The summed E-state index contributed by atoms with van der Waals surface area (Å²) in [6.45, 7) is 0.0754. The van der Waals surface area contributed by atoms with Gasteiger partial charge < -0.3 is 15.4 Å². The van der Waals surface area contributed by atoms with E-state index in [0.29, 0.717) is 30.8 Å². The van der Waals surface area contributed by atoms with Crippen LogP contribution in [0.2, 0.25) is 0 Å². The number of hydrogen-bond acceptors (Lipinski definition) is 5. The Labute approximate surface area is 143 Å². The first-order chi connectivity index (χ1) is 12.0. The van der Waals surface area contributed by atoms with Crippen LogP contribution in [0.15, 0.2) is 42.9 Å². The second kappa shape index (κ2) is 6.84. The lowest BCUT2D eigenvalue weighted by Gasteiger charge is -2.34. The first kappa shape index (κ1) is 16.8. The van der Waals surface area contributed by atoms with E-state index in [0.717, 1.165) is 0 Å². The minimum Gasteiger partial charge on any atom is -0.484 e. The van der Waals surface area contributed by atoms with Crippen molar-refractivity contribution in [2.45, 2.75) is 18.4 Å². The molecule has 1 atom stereocenters. The highest BCUT2D eigenvalue weighted by Gasteiger charge is 2.51. The van der Waals surface area contributed by atoms with Crippen molar-refractivity contribution in [3.8, 4) is 5.75 Å². The minimum absolute atomic E-state index is 0.291. The molecule has 1 fully saturated rings. The minimum atomic E-state index is -1.32. The summed E-state index contributed by atoms with van der Waals surface area (Å²) in [6.07, 6.45) is 5.37. The van der Waals surface area contributed by atoms with Crippen LogP contribution in [0.25, 0.3) is 0 Å². The number of nitrogens with two attached hydrogens (primary N) is 1. The maximum atomic E-state index is 12.9. The van der Waals surface area contributed by atoms with Crippen LogP contribution in [0.4, 0.5) is 4.39 Å². The largest absolute Gasteiger partial charge is 0.484 e. The molecule has 1 aromatic heterocycles. The molecule has 1 aliphatic rings. The smallest absolute Gasteiger partial charge is 0.261 e. The first-order valence-electron chi connectivity index (χ1n) is 7.79. The fraction of sp³-hybridized carbons (Fsp3) is 0.294. The highest BCUT2D eigenvalue weighted by molar-refractivity contribution is 5.92. The summed E-state index contributed by atoms with van der Waals surface area (Å²) in [5, 5.41) is 0. The highest BCUT2D eigenvalue weighted by atomic mass is 19.1. The van der Waals surface area contributed by atoms with Gasteiger partial charge in [-0.25, -0.2) is 4.39 Å². The SMILES string of the molecule is NC(=O)[C@]1(c2cnccn2)CCCN1C(=O)COc1ccc(F)cc1. The number of benzene rings is 1. The predicted molar refractivity (Wildman–Crippen MR) is 85.7 cm³/mol. The molecule has 0 bridgehead atoms. The summed E-state index contributed by atoms with van der Waals surface area (Å²) in [7, 11) is 0. The summed E-state index contributed by atoms with van der Waals surface area (Å²) in [5.41, 5.74) is 4.65. The Morgan fingerprint density at radius 3 is 2.68 bits per heavy atom. The Bertz CT molecular complexity index is 769. The molecule has 2 aromatic rings. The summed E-state index contributed by atoms with van der Waals surface area (Å²) >= 11 is 0. The van der Waals surface area contributed by atoms with Crippen LogP contribution >= 0.6 is 0 Å². The Morgan fingerprint density at radius 1 is 1.28 bits per heavy atom.